The highest BCUT2D eigenvalue weighted by atomic mass is 16.3. The van der Waals surface area contributed by atoms with Gasteiger partial charge in [-0.3, -0.25) is 0 Å². The molecule has 0 saturated heterocycles. The molecule has 4 rings (SSSR count). The molecule has 0 aliphatic carbocycles. The average Bonchev–Trinajstić information content (AvgIpc) is 2.68. The summed E-state index contributed by atoms with van der Waals surface area (Å²) in [6.45, 7) is 0.865. The van der Waals surface area contributed by atoms with Crippen LogP contribution in [0, 0.1) is 0 Å². The number of aliphatic hydroxyl groups is 1. The van der Waals surface area contributed by atoms with E-state index >= 15 is 0 Å². The topological polar surface area (TPSA) is 32.3 Å². The number of benzene rings is 3. The lowest BCUT2D eigenvalue weighted by molar-refractivity contribution is 0.0339. The Labute approximate surface area is 142 Å². The van der Waals surface area contributed by atoms with E-state index in [0.29, 0.717) is 0 Å². The van der Waals surface area contributed by atoms with E-state index in [9.17, 15) is 5.11 Å². The van der Waals surface area contributed by atoms with Crippen LogP contribution < -0.4 is 5.32 Å². The van der Waals surface area contributed by atoms with Crippen LogP contribution in [-0.2, 0) is 12.0 Å². The Hall–Kier alpha value is -2.42. The summed E-state index contributed by atoms with van der Waals surface area (Å²) in [7, 11) is 0. The summed E-state index contributed by atoms with van der Waals surface area (Å²) in [6.07, 6.45) is 0.992. The van der Waals surface area contributed by atoms with Crippen molar-refractivity contribution in [1.29, 1.82) is 0 Å². The fourth-order valence-electron chi connectivity index (χ4n) is 3.76. The number of hydrogen-bond acceptors (Lipinski definition) is 2. The first kappa shape index (κ1) is 15.1. The first-order chi connectivity index (χ1) is 11.8. The molecule has 0 saturated carbocycles. The summed E-state index contributed by atoms with van der Waals surface area (Å²) in [6, 6.07) is 28.2. The first-order valence-corrected chi connectivity index (χ1v) is 8.45. The van der Waals surface area contributed by atoms with Gasteiger partial charge in [0.05, 0.1) is 6.04 Å². The summed E-state index contributed by atoms with van der Waals surface area (Å²) >= 11 is 0. The van der Waals surface area contributed by atoms with Crippen molar-refractivity contribution < 1.29 is 5.11 Å². The third-order valence-corrected chi connectivity index (χ3v) is 4.95. The molecule has 1 atom stereocenters. The van der Waals surface area contributed by atoms with Gasteiger partial charge in [0.1, 0.15) is 5.60 Å². The van der Waals surface area contributed by atoms with Gasteiger partial charge in [-0.25, -0.2) is 0 Å². The molecular weight excluding hydrogens is 294 g/mol. The molecule has 2 heteroatoms. The smallest absolute Gasteiger partial charge is 0.134 e. The Morgan fingerprint density at radius 2 is 1.29 bits per heavy atom. The number of nitrogens with one attached hydrogen (secondary N) is 1. The van der Waals surface area contributed by atoms with Crippen molar-refractivity contribution in [1.82, 2.24) is 5.32 Å². The van der Waals surface area contributed by atoms with Gasteiger partial charge in [-0.05, 0) is 35.2 Å². The van der Waals surface area contributed by atoms with Crippen LogP contribution in [0.2, 0.25) is 0 Å². The highest BCUT2D eigenvalue weighted by Crippen LogP contribution is 2.43. The van der Waals surface area contributed by atoms with E-state index in [-0.39, 0.29) is 6.04 Å². The van der Waals surface area contributed by atoms with Gasteiger partial charge in [0, 0.05) is 0 Å². The molecule has 2 nitrogen and oxygen atoms in total. The van der Waals surface area contributed by atoms with Gasteiger partial charge in [-0.2, -0.15) is 0 Å². The molecule has 0 unspecified atom stereocenters. The second kappa shape index (κ2) is 6.23. The molecule has 24 heavy (non-hydrogen) atoms. The largest absolute Gasteiger partial charge is 0.378 e. The Bertz CT molecular complexity index is 774. The maximum atomic E-state index is 12.0. The molecule has 3 aromatic rings. The van der Waals surface area contributed by atoms with E-state index < -0.39 is 5.60 Å². The van der Waals surface area contributed by atoms with Crippen LogP contribution >= 0.6 is 0 Å². The van der Waals surface area contributed by atoms with Gasteiger partial charge < -0.3 is 10.4 Å². The molecule has 0 bridgehead atoms. The molecule has 1 aliphatic rings. The number of fused-ring (bicyclic) bond motifs is 1. The fourth-order valence-corrected chi connectivity index (χ4v) is 3.76. The van der Waals surface area contributed by atoms with Crippen molar-refractivity contribution in [3.05, 3.63) is 107 Å². The lowest BCUT2D eigenvalue weighted by atomic mass is 9.75. The monoisotopic (exact) mass is 315 g/mol. The van der Waals surface area contributed by atoms with E-state index in [1.165, 1.54) is 11.1 Å². The Morgan fingerprint density at radius 1 is 0.750 bits per heavy atom. The summed E-state index contributed by atoms with van der Waals surface area (Å²) < 4.78 is 0. The summed E-state index contributed by atoms with van der Waals surface area (Å²) in [5.41, 5.74) is 3.19. The molecule has 0 fully saturated rings. The van der Waals surface area contributed by atoms with Crippen molar-refractivity contribution in [3.8, 4) is 0 Å². The molecule has 0 aromatic heterocycles. The molecule has 120 valence electrons. The highest BCUT2D eigenvalue weighted by molar-refractivity contribution is 5.44. The molecule has 1 aliphatic heterocycles. The van der Waals surface area contributed by atoms with E-state index in [1.54, 1.807) is 0 Å². The van der Waals surface area contributed by atoms with Gasteiger partial charge in [0.25, 0.3) is 0 Å². The third kappa shape index (κ3) is 2.44. The van der Waals surface area contributed by atoms with Crippen LogP contribution in [0.15, 0.2) is 84.9 Å². The standard InChI is InChI=1S/C22H21NO/c24-22(18-10-3-1-4-11-18,19-12-5-2-6-13-19)21-20-14-8-7-9-17(20)15-16-23-21/h1-14,21,23-24H,15-16H2/t21-/m1/s1. The van der Waals surface area contributed by atoms with Crippen LogP contribution in [0.4, 0.5) is 0 Å². The van der Waals surface area contributed by atoms with Crippen LogP contribution in [0.1, 0.15) is 28.3 Å². The molecule has 2 N–H and O–H groups in total. The second-order valence-electron chi connectivity index (χ2n) is 6.33. The maximum Gasteiger partial charge on any atom is 0.134 e. The fraction of sp³-hybridized carbons (Fsp3) is 0.182. The van der Waals surface area contributed by atoms with Crippen molar-refractivity contribution in [2.45, 2.75) is 18.1 Å². The summed E-state index contributed by atoms with van der Waals surface area (Å²) in [4.78, 5) is 0. The van der Waals surface area contributed by atoms with Gasteiger partial charge in [0.2, 0.25) is 0 Å². The minimum atomic E-state index is -1.11. The van der Waals surface area contributed by atoms with Gasteiger partial charge in [-0.15, -0.1) is 0 Å². The van der Waals surface area contributed by atoms with Crippen molar-refractivity contribution in [2.75, 3.05) is 6.54 Å². The van der Waals surface area contributed by atoms with Gasteiger partial charge in [-0.1, -0.05) is 84.9 Å². The quantitative estimate of drug-likeness (QED) is 0.770. The van der Waals surface area contributed by atoms with Crippen molar-refractivity contribution >= 4 is 0 Å². The zero-order chi connectivity index (χ0) is 16.4. The van der Waals surface area contributed by atoms with Crippen LogP contribution in [0.5, 0.6) is 0 Å². The zero-order valence-electron chi connectivity index (χ0n) is 13.5. The first-order valence-electron chi connectivity index (χ1n) is 8.45. The van der Waals surface area contributed by atoms with E-state index in [1.807, 2.05) is 60.7 Å². The summed E-state index contributed by atoms with van der Waals surface area (Å²) in [5, 5.41) is 15.5. The van der Waals surface area contributed by atoms with E-state index in [2.05, 4.69) is 29.6 Å². The molecule has 0 spiro atoms. The third-order valence-electron chi connectivity index (χ3n) is 4.95. The molecule has 1 heterocycles. The van der Waals surface area contributed by atoms with Crippen LogP contribution in [0.25, 0.3) is 0 Å². The van der Waals surface area contributed by atoms with Gasteiger partial charge in [0.15, 0.2) is 0 Å². The molecule has 0 amide bonds. The van der Waals surface area contributed by atoms with E-state index in [0.717, 1.165) is 24.1 Å². The van der Waals surface area contributed by atoms with E-state index in [4.69, 9.17) is 0 Å². The molecule has 0 radical (unpaired) electrons. The average molecular weight is 315 g/mol. The van der Waals surface area contributed by atoms with Crippen molar-refractivity contribution in [3.63, 3.8) is 0 Å². The number of rotatable bonds is 3. The predicted octanol–water partition coefficient (Wildman–Crippen LogP) is 3.81. The second-order valence-corrected chi connectivity index (χ2v) is 6.33. The zero-order valence-corrected chi connectivity index (χ0v) is 13.5. The predicted molar refractivity (Wildman–Crippen MR) is 96.8 cm³/mol. The van der Waals surface area contributed by atoms with Gasteiger partial charge >= 0.3 is 0 Å². The number of hydrogen-bond donors (Lipinski definition) is 2. The lowest BCUT2D eigenvalue weighted by Crippen LogP contribution is -2.46. The maximum absolute atomic E-state index is 12.0. The molecular formula is C22H21NO. The Balaban J connectivity index is 1.92. The summed E-state index contributed by atoms with van der Waals surface area (Å²) in [5.74, 6) is 0. The molecule has 3 aromatic carbocycles. The van der Waals surface area contributed by atoms with Crippen LogP contribution in [0.3, 0.4) is 0 Å². The lowest BCUT2D eigenvalue weighted by Gasteiger charge is -2.41. The SMILES string of the molecule is OC(c1ccccc1)(c1ccccc1)[C@@H]1NCCc2ccccc21. The normalized spacial score (nSPS) is 17.3. The highest BCUT2D eigenvalue weighted by Gasteiger charge is 2.42. The van der Waals surface area contributed by atoms with Crippen molar-refractivity contribution in [2.24, 2.45) is 0 Å². The minimum Gasteiger partial charge on any atom is -0.378 e. The Kier molecular flexibility index (Phi) is 3.93. The van der Waals surface area contributed by atoms with Crippen LogP contribution in [-0.4, -0.2) is 11.7 Å². The minimum absolute atomic E-state index is 0.174. The Morgan fingerprint density at radius 3 is 1.92 bits per heavy atom.